The molecule has 1 unspecified atom stereocenters. The lowest BCUT2D eigenvalue weighted by Gasteiger charge is -2.24. The van der Waals surface area contributed by atoms with Crippen LogP contribution in [0.15, 0.2) is 6.20 Å². The monoisotopic (exact) mass is 308 g/mol. The molecule has 0 spiro atoms. The third-order valence-electron chi connectivity index (χ3n) is 4.02. The first-order chi connectivity index (χ1) is 10.3. The number of hydrogen-bond donors (Lipinski definition) is 1. The van der Waals surface area contributed by atoms with E-state index >= 15 is 0 Å². The molecule has 0 bridgehead atoms. The summed E-state index contributed by atoms with van der Waals surface area (Å²) in [6.45, 7) is 11.1. The Hall–Kier alpha value is -1.56. The van der Waals surface area contributed by atoms with Gasteiger partial charge in [-0.3, -0.25) is 4.68 Å². The van der Waals surface area contributed by atoms with E-state index < -0.39 is 5.60 Å². The summed E-state index contributed by atoms with van der Waals surface area (Å²) in [5, 5.41) is 7.72. The minimum atomic E-state index is -0.425. The Morgan fingerprint density at radius 1 is 1.50 bits per heavy atom. The van der Waals surface area contributed by atoms with Crippen molar-refractivity contribution in [3.63, 3.8) is 0 Å². The fourth-order valence-electron chi connectivity index (χ4n) is 2.62. The lowest BCUT2D eigenvalue weighted by Crippen LogP contribution is -2.36. The van der Waals surface area contributed by atoms with E-state index in [4.69, 9.17) is 4.74 Å². The predicted molar refractivity (Wildman–Crippen MR) is 85.6 cm³/mol. The zero-order valence-electron chi connectivity index (χ0n) is 14.3. The Bertz CT molecular complexity index is 519. The highest BCUT2D eigenvalue weighted by Gasteiger charge is 2.29. The molecule has 1 aliphatic rings. The van der Waals surface area contributed by atoms with E-state index in [0.29, 0.717) is 5.92 Å². The van der Waals surface area contributed by atoms with Crippen LogP contribution in [-0.2, 0) is 18.3 Å². The molecular weight excluding hydrogens is 280 g/mol. The summed E-state index contributed by atoms with van der Waals surface area (Å²) < 4.78 is 7.30. The van der Waals surface area contributed by atoms with Gasteiger partial charge in [0.2, 0.25) is 0 Å². The first kappa shape index (κ1) is 16.8. The molecule has 1 atom stereocenters. The van der Waals surface area contributed by atoms with Crippen molar-refractivity contribution in [2.24, 2.45) is 13.0 Å². The molecule has 0 aliphatic carbocycles. The maximum Gasteiger partial charge on any atom is 0.410 e. The van der Waals surface area contributed by atoms with Gasteiger partial charge in [0.15, 0.2) is 0 Å². The molecule has 1 saturated heterocycles. The van der Waals surface area contributed by atoms with E-state index in [1.807, 2.05) is 43.6 Å². The van der Waals surface area contributed by atoms with Gasteiger partial charge in [-0.15, -0.1) is 0 Å². The Balaban J connectivity index is 1.72. The number of aryl methyl sites for hydroxylation is 1. The van der Waals surface area contributed by atoms with E-state index in [1.54, 1.807) is 0 Å². The third-order valence-corrected chi connectivity index (χ3v) is 4.02. The molecule has 0 radical (unpaired) electrons. The first-order valence-corrected chi connectivity index (χ1v) is 7.92. The predicted octanol–water partition coefficient (Wildman–Crippen LogP) is 2.08. The van der Waals surface area contributed by atoms with Crippen LogP contribution in [0, 0.1) is 12.8 Å². The van der Waals surface area contributed by atoms with Crippen molar-refractivity contribution in [1.82, 2.24) is 20.0 Å². The summed E-state index contributed by atoms with van der Waals surface area (Å²) in [4.78, 5) is 13.8. The number of rotatable bonds is 4. The number of amides is 1. The fourth-order valence-corrected chi connectivity index (χ4v) is 2.62. The van der Waals surface area contributed by atoms with Gasteiger partial charge in [-0.1, -0.05) is 0 Å². The number of carbonyl (C=O) groups is 1. The van der Waals surface area contributed by atoms with Crippen LogP contribution in [0.2, 0.25) is 0 Å². The van der Waals surface area contributed by atoms with Gasteiger partial charge >= 0.3 is 6.09 Å². The van der Waals surface area contributed by atoms with Gasteiger partial charge in [-0.2, -0.15) is 5.10 Å². The summed E-state index contributed by atoms with van der Waals surface area (Å²) >= 11 is 0. The second-order valence-corrected chi connectivity index (χ2v) is 7.09. The quantitative estimate of drug-likeness (QED) is 0.925. The highest BCUT2D eigenvalue weighted by molar-refractivity contribution is 5.68. The smallest absolute Gasteiger partial charge is 0.410 e. The minimum Gasteiger partial charge on any atom is -0.444 e. The Kier molecular flexibility index (Phi) is 5.11. The number of hydrogen-bond acceptors (Lipinski definition) is 4. The molecule has 1 N–H and O–H groups in total. The maximum absolute atomic E-state index is 12.0. The second-order valence-electron chi connectivity index (χ2n) is 7.09. The molecule has 6 heteroatoms. The summed E-state index contributed by atoms with van der Waals surface area (Å²) in [7, 11) is 1.95. The van der Waals surface area contributed by atoms with Crippen molar-refractivity contribution in [3.05, 3.63) is 17.5 Å². The lowest BCUT2D eigenvalue weighted by molar-refractivity contribution is 0.0288. The molecule has 1 aromatic rings. The molecular formula is C16H28N4O2. The standard InChI is InChI=1S/C16H28N4O2/c1-12-14(10-18-19(12)5)9-17-8-13-6-7-20(11-13)15(21)22-16(2,3)4/h10,13,17H,6-9,11H2,1-5H3. The zero-order chi connectivity index (χ0) is 16.3. The summed E-state index contributed by atoms with van der Waals surface area (Å²) in [5.41, 5.74) is 1.99. The van der Waals surface area contributed by atoms with Gasteiger partial charge in [0.25, 0.3) is 0 Å². The van der Waals surface area contributed by atoms with Crippen molar-refractivity contribution in [2.45, 2.75) is 46.3 Å². The highest BCUT2D eigenvalue weighted by atomic mass is 16.6. The third kappa shape index (κ3) is 4.47. The summed E-state index contributed by atoms with van der Waals surface area (Å²) in [6, 6.07) is 0. The van der Waals surface area contributed by atoms with Crippen molar-refractivity contribution in [3.8, 4) is 0 Å². The van der Waals surface area contributed by atoms with E-state index in [1.165, 1.54) is 11.3 Å². The number of aromatic nitrogens is 2. The Labute approximate surface area is 132 Å². The molecule has 2 heterocycles. The second kappa shape index (κ2) is 6.69. The van der Waals surface area contributed by atoms with Gasteiger partial charge in [0, 0.05) is 44.5 Å². The Morgan fingerprint density at radius 3 is 2.82 bits per heavy atom. The van der Waals surface area contributed by atoms with Gasteiger partial charge in [0.1, 0.15) is 5.60 Å². The normalized spacial score (nSPS) is 18.8. The number of nitrogens with zero attached hydrogens (tertiary/aromatic N) is 3. The molecule has 6 nitrogen and oxygen atoms in total. The largest absolute Gasteiger partial charge is 0.444 e. The van der Waals surface area contributed by atoms with E-state index in [9.17, 15) is 4.79 Å². The molecule has 124 valence electrons. The van der Waals surface area contributed by atoms with Gasteiger partial charge in [-0.25, -0.2) is 4.79 Å². The van der Waals surface area contributed by atoms with E-state index in [-0.39, 0.29) is 6.09 Å². The molecule has 1 fully saturated rings. The topological polar surface area (TPSA) is 59.4 Å². The van der Waals surface area contributed by atoms with Crippen LogP contribution in [0.25, 0.3) is 0 Å². The van der Waals surface area contributed by atoms with Crippen LogP contribution >= 0.6 is 0 Å². The summed E-state index contributed by atoms with van der Waals surface area (Å²) in [5.74, 6) is 0.490. The summed E-state index contributed by atoms with van der Waals surface area (Å²) in [6.07, 6.45) is 2.74. The molecule has 0 saturated carbocycles. The van der Waals surface area contributed by atoms with Crippen LogP contribution in [0.3, 0.4) is 0 Å². The number of ether oxygens (including phenoxy) is 1. The first-order valence-electron chi connectivity index (χ1n) is 7.92. The van der Waals surface area contributed by atoms with Crippen LogP contribution in [0.1, 0.15) is 38.4 Å². The molecule has 1 aromatic heterocycles. The van der Waals surface area contributed by atoms with E-state index in [2.05, 4.69) is 17.3 Å². The highest BCUT2D eigenvalue weighted by Crippen LogP contribution is 2.19. The SMILES string of the molecule is Cc1c(CNCC2CCN(C(=O)OC(C)(C)C)C2)cnn1C. The maximum atomic E-state index is 12.0. The van der Waals surface area contributed by atoms with Crippen LogP contribution in [0.5, 0.6) is 0 Å². The average Bonchev–Trinajstić information content (AvgIpc) is 2.99. The van der Waals surface area contributed by atoms with Gasteiger partial charge < -0.3 is 15.0 Å². The number of likely N-dealkylation sites (tertiary alicyclic amines) is 1. The average molecular weight is 308 g/mol. The van der Waals surface area contributed by atoms with Crippen molar-refractivity contribution in [1.29, 1.82) is 0 Å². The molecule has 1 amide bonds. The molecule has 22 heavy (non-hydrogen) atoms. The Morgan fingerprint density at radius 2 is 2.23 bits per heavy atom. The van der Waals surface area contributed by atoms with Crippen LogP contribution < -0.4 is 5.32 Å². The number of nitrogens with one attached hydrogen (secondary N) is 1. The van der Waals surface area contributed by atoms with Crippen LogP contribution in [-0.4, -0.2) is 46.0 Å². The van der Waals surface area contributed by atoms with Crippen molar-refractivity contribution >= 4 is 6.09 Å². The lowest BCUT2D eigenvalue weighted by atomic mass is 10.1. The fraction of sp³-hybridized carbons (Fsp3) is 0.750. The van der Waals surface area contributed by atoms with E-state index in [0.717, 1.165) is 32.6 Å². The minimum absolute atomic E-state index is 0.196. The van der Waals surface area contributed by atoms with Crippen LogP contribution in [0.4, 0.5) is 4.79 Å². The zero-order valence-corrected chi connectivity index (χ0v) is 14.3. The number of carbonyl (C=O) groups excluding carboxylic acids is 1. The van der Waals surface area contributed by atoms with Crippen molar-refractivity contribution < 1.29 is 9.53 Å². The molecule has 1 aliphatic heterocycles. The van der Waals surface area contributed by atoms with Gasteiger partial charge in [-0.05, 0) is 40.0 Å². The molecule has 2 rings (SSSR count). The van der Waals surface area contributed by atoms with Crippen molar-refractivity contribution in [2.75, 3.05) is 19.6 Å². The van der Waals surface area contributed by atoms with Gasteiger partial charge in [0.05, 0.1) is 6.20 Å². The molecule has 0 aromatic carbocycles.